The van der Waals surface area contributed by atoms with Gasteiger partial charge in [-0.2, -0.15) is 0 Å². The van der Waals surface area contributed by atoms with Crippen LogP contribution < -0.4 is 0 Å². The van der Waals surface area contributed by atoms with E-state index in [-0.39, 0.29) is 44.5 Å². The number of hydrogen-bond donors (Lipinski definition) is 0. The summed E-state index contributed by atoms with van der Waals surface area (Å²) in [5, 5.41) is 0. The highest BCUT2D eigenvalue weighted by atomic mass is 16.6. The third-order valence-electron chi connectivity index (χ3n) is 5.22. The van der Waals surface area contributed by atoms with Crippen molar-refractivity contribution in [3.05, 3.63) is 105 Å². The van der Waals surface area contributed by atoms with Crippen LogP contribution in [0.2, 0.25) is 0 Å². The standard InChI is InChI=1S/C24H10O8/c25-19(13-5-7-15-17(9-13)23(29)31-21(15)27)11-1-2-12(4-3-11)20(26)14-6-8-16-18(10-14)24(30)32-22(16)28/h1-10H. The number of ether oxygens (including phenoxy) is 2. The lowest BCUT2D eigenvalue weighted by Crippen LogP contribution is -2.06. The molecule has 0 aromatic heterocycles. The van der Waals surface area contributed by atoms with Gasteiger partial charge in [0.1, 0.15) is 0 Å². The van der Waals surface area contributed by atoms with E-state index in [1.165, 1.54) is 60.7 Å². The first kappa shape index (κ1) is 19.3. The van der Waals surface area contributed by atoms with Gasteiger partial charge in [0.05, 0.1) is 22.3 Å². The first-order valence-electron chi connectivity index (χ1n) is 9.34. The summed E-state index contributed by atoms with van der Waals surface area (Å²) in [4.78, 5) is 72.1. The van der Waals surface area contributed by atoms with Crippen LogP contribution in [-0.2, 0) is 9.47 Å². The predicted molar refractivity (Wildman–Crippen MR) is 106 cm³/mol. The molecular weight excluding hydrogens is 416 g/mol. The van der Waals surface area contributed by atoms with Gasteiger partial charge in [-0.05, 0) is 24.3 Å². The first-order valence-corrected chi connectivity index (χ1v) is 9.34. The number of carbonyl (C=O) groups is 6. The second-order valence-electron chi connectivity index (χ2n) is 7.11. The maximum Gasteiger partial charge on any atom is 0.346 e. The Bertz CT molecular complexity index is 1300. The van der Waals surface area contributed by atoms with Gasteiger partial charge in [0.25, 0.3) is 0 Å². The fourth-order valence-corrected chi connectivity index (χ4v) is 3.56. The quantitative estimate of drug-likeness (QED) is 0.355. The van der Waals surface area contributed by atoms with Crippen LogP contribution in [0.25, 0.3) is 0 Å². The summed E-state index contributed by atoms with van der Waals surface area (Å²) in [5.74, 6) is -3.93. The monoisotopic (exact) mass is 426 g/mol. The average molecular weight is 426 g/mol. The minimum Gasteiger partial charge on any atom is -0.386 e. The number of ketones is 2. The van der Waals surface area contributed by atoms with Gasteiger partial charge in [-0.25, -0.2) is 19.2 Å². The predicted octanol–water partition coefficient (Wildman–Crippen LogP) is 2.77. The van der Waals surface area contributed by atoms with E-state index >= 15 is 0 Å². The fraction of sp³-hybridized carbons (Fsp3) is 0. The summed E-state index contributed by atoms with van der Waals surface area (Å²) in [6.07, 6.45) is 0. The minimum atomic E-state index is -0.805. The van der Waals surface area contributed by atoms with E-state index in [4.69, 9.17) is 0 Å². The zero-order valence-electron chi connectivity index (χ0n) is 16.0. The molecule has 0 bridgehead atoms. The molecule has 0 saturated carbocycles. The Balaban J connectivity index is 1.40. The first-order chi connectivity index (χ1) is 15.3. The SMILES string of the molecule is O=C(c1ccc(C(=O)c2ccc3c(c2)C(=O)OC3=O)cc1)c1ccc2c(c1)C(=O)OC2=O. The van der Waals surface area contributed by atoms with Crippen molar-refractivity contribution in [2.45, 2.75) is 0 Å². The van der Waals surface area contributed by atoms with Crippen LogP contribution >= 0.6 is 0 Å². The van der Waals surface area contributed by atoms with Crippen LogP contribution in [0.1, 0.15) is 73.3 Å². The maximum atomic E-state index is 12.8. The molecule has 0 amide bonds. The van der Waals surface area contributed by atoms with Gasteiger partial charge in [-0.3, -0.25) is 9.59 Å². The van der Waals surface area contributed by atoms with E-state index in [0.717, 1.165) is 0 Å². The van der Waals surface area contributed by atoms with Crippen LogP contribution in [-0.4, -0.2) is 35.4 Å². The third-order valence-corrected chi connectivity index (χ3v) is 5.22. The summed E-state index contributed by atoms with van der Waals surface area (Å²) in [6.45, 7) is 0. The topological polar surface area (TPSA) is 121 Å². The molecule has 32 heavy (non-hydrogen) atoms. The van der Waals surface area contributed by atoms with Crippen LogP contribution in [0.3, 0.4) is 0 Å². The number of hydrogen-bond acceptors (Lipinski definition) is 8. The largest absolute Gasteiger partial charge is 0.386 e. The molecule has 8 nitrogen and oxygen atoms in total. The molecule has 3 aromatic carbocycles. The second kappa shape index (κ2) is 6.92. The molecule has 2 aliphatic heterocycles. The van der Waals surface area contributed by atoms with Gasteiger partial charge in [0, 0.05) is 22.3 Å². The third kappa shape index (κ3) is 2.93. The normalized spacial score (nSPS) is 14.0. The van der Waals surface area contributed by atoms with Crippen LogP contribution in [0.15, 0.2) is 60.7 Å². The molecule has 154 valence electrons. The molecular formula is C24H10O8. The van der Waals surface area contributed by atoms with Crippen molar-refractivity contribution in [1.82, 2.24) is 0 Å². The Labute approximate surface area is 179 Å². The maximum absolute atomic E-state index is 12.8. The lowest BCUT2D eigenvalue weighted by molar-refractivity contribution is 0.0425. The highest BCUT2D eigenvalue weighted by molar-refractivity contribution is 6.18. The van der Waals surface area contributed by atoms with Gasteiger partial charge in [-0.15, -0.1) is 0 Å². The smallest absolute Gasteiger partial charge is 0.346 e. The Hall–Kier alpha value is -4.72. The van der Waals surface area contributed by atoms with Crippen molar-refractivity contribution < 1.29 is 38.2 Å². The van der Waals surface area contributed by atoms with E-state index < -0.39 is 35.4 Å². The molecule has 0 N–H and O–H groups in total. The van der Waals surface area contributed by atoms with Crippen molar-refractivity contribution in [3.8, 4) is 0 Å². The average Bonchev–Trinajstić information content (AvgIpc) is 3.26. The van der Waals surface area contributed by atoms with Crippen LogP contribution in [0.4, 0.5) is 0 Å². The molecule has 0 unspecified atom stereocenters. The number of fused-ring (bicyclic) bond motifs is 2. The summed E-state index contributed by atoms with van der Waals surface area (Å²) in [5.41, 5.74) is 1.18. The zero-order chi connectivity index (χ0) is 22.6. The van der Waals surface area contributed by atoms with Gasteiger partial charge in [-0.1, -0.05) is 36.4 Å². The van der Waals surface area contributed by atoms with Crippen molar-refractivity contribution in [1.29, 1.82) is 0 Å². The summed E-state index contributed by atoms with van der Waals surface area (Å²) >= 11 is 0. The van der Waals surface area contributed by atoms with Gasteiger partial charge in [0.2, 0.25) is 0 Å². The van der Waals surface area contributed by atoms with Gasteiger partial charge >= 0.3 is 23.9 Å². The Morgan fingerprint density at radius 3 is 1.12 bits per heavy atom. The van der Waals surface area contributed by atoms with Crippen molar-refractivity contribution in [2.75, 3.05) is 0 Å². The molecule has 0 fully saturated rings. The summed E-state index contributed by atoms with van der Waals surface area (Å²) in [6, 6.07) is 14.0. The van der Waals surface area contributed by atoms with Crippen molar-refractivity contribution in [3.63, 3.8) is 0 Å². The van der Waals surface area contributed by atoms with Crippen molar-refractivity contribution in [2.24, 2.45) is 0 Å². The number of cyclic esters (lactones) is 4. The molecule has 0 radical (unpaired) electrons. The molecule has 0 aliphatic carbocycles. The summed E-state index contributed by atoms with van der Waals surface area (Å²) in [7, 11) is 0. The van der Waals surface area contributed by atoms with Crippen LogP contribution in [0, 0.1) is 0 Å². The number of rotatable bonds is 4. The van der Waals surface area contributed by atoms with Gasteiger partial charge in [0.15, 0.2) is 11.6 Å². The molecule has 0 atom stereocenters. The molecule has 2 heterocycles. The van der Waals surface area contributed by atoms with E-state index in [2.05, 4.69) is 9.47 Å². The number of carbonyl (C=O) groups excluding carboxylic acids is 6. The molecule has 2 aliphatic rings. The number of benzene rings is 3. The Kier molecular flexibility index (Phi) is 4.16. The Morgan fingerprint density at radius 2 is 0.750 bits per heavy atom. The Morgan fingerprint density at radius 1 is 0.438 bits per heavy atom. The lowest BCUT2D eigenvalue weighted by atomic mass is 9.96. The molecule has 0 saturated heterocycles. The van der Waals surface area contributed by atoms with E-state index in [1.54, 1.807) is 0 Å². The fourth-order valence-electron chi connectivity index (χ4n) is 3.56. The highest BCUT2D eigenvalue weighted by Crippen LogP contribution is 2.24. The van der Waals surface area contributed by atoms with Crippen molar-refractivity contribution >= 4 is 35.4 Å². The van der Waals surface area contributed by atoms with E-state index in [0.29, 0.717) is 0 Å². The second-order valence-corrected chi connectivity index (χ2v) is 7.11. The minimum absolute atomic E-state index is 0.0289. The van der Waals surface area contributed by atoms with Gasteiger partial charge < -0.3 is 9.47 Å². The molecule has 0 spiro atoms. The van der Waals surface area contributed by atoms with E-state index in [9.17, 15) is 28.8 Å². The molecule has 8 heteroatoms. The summed E-state index contributed by atoms with van der Waals surface area (Å²) < 4.78 is 9.04. The lowest BCUT2D eigenvalue weighted by Gasteiger charge is -2.05. The highest BCUT2D eigenvalue weighted by Gasteiger charge is 2.31. The zero-order valence-corrected chi connectivity index (χ0v) is 16.0. The molecule has 5 rings (SSSR count). The van der Waals surface area contributed by atoms with E-state index in [1.807, 2.05) is 0 Å². The van der Waals surface area contributed by atoms with Crippen LogP contribution in [0.5, 0.6) is 0 Å². The number of esters is 4. The molecule has 3 aromatic rings.